The standard InChI is InChI=1S/C19H26N2O2/c1-12-9-13(2)17-14(10-12)15-11-21(8-7-16(15)20(17)6)18(22)23-19(3,4)5/h9-10H,7-8,11H2,1-6H3. The van der Waals surface area contributed by atoms with Gasteiger partial charge in [-0.2, -0.15) is 0 Å². The van der Waals surface area contributed by atoms with Gasteiger partial charge in [-0.15, -0.1) is 0 Å². The van der Waals surface area contributed by atoms with Gasteiger partial charge < -0.3 is 14.2 Å². The van der Waals surface area contributed by atoms with Crippen LogP contribution in [0.5, 0.6) is 0 Å². The number of benzene rings is 1. The lowest BCUT2D eigenvalue weighted by Crippen LogP contribution is -2.40. The molecule has 1 aromatic heterocycles. The molecule has 0 saturated heterocycles. The second kappa shape index (κ2) is 5.29. The molecule has 0 saturated carbocycles. The second-order valence-corrected chi connectivity index (χ2v) is 7.61. The minimum Gasteiger partial charge on any atom is -0.444 e. The van der Waals surface area contributed by atoms with Gasteiger partial charge >= 0.3 is 6.09 Å². The average molecular weight is 314 g/mol. The normalized spacial score (nSPS) is 15.0. The van der Waals surface area contributed by atoms with Gasteiger partial charge in [0.1, 0.15) is 5.60 Å². The molecule has 4 nitrogen and oxygen atoms in total. The molecule has 0 atom stereocenters. The van der Waals surface area contributed by atoms with Crippen LogP contribution in [0, 0.1) is 13.8 Å². The molecular weight excluding hydrogens is 288 g/mol. The zero-order valence-electron chi connectivity index (χ0n) is 15.0. The number of rotatable bonds is 0. The first kappa shape index (κ1) is 15.9. The third-order valence-electron chi connectivity index (χ3n) is 4.48. The van der Waals surface area contributed by atoms with E-state index in [2.05, 4.69) is 37.6 Å². The fraction of sp³-hybridized carbons (Fsp3) is 0.526. The van der Waals surface area contributed by atoms with Crippen molar-refractivity contribution in [3.05, 3.63) is 34.5 Å². The van der Waals surface area contributed by atoms with Gasteiger partial charge in [0, 0.05) is 36.7 Å². The lowest BCUT2D eigenvalue weighted by Gasteiger charge is -2.30. The molecule has 2 aromatic rings. The van der Waals surface area contributed by atoms with Crippen molar-refractivity contribution in [3.63, 3.8) is 0 Å². The zero-order chi connectivity index (χ0) is 16.9. The molecule has 1 amide bonds. The number of hydrogen-bond acceptors (Lipinski definition) is 2. The monoisotopic (exact) mass is 314 g/mol. The number of carbonyl (C=O) groups excluding carboxylic acids is 1. The Balaban J connectivity index is 2.00. The molecule has 3 rings (SSSR count). The Morgan fingerprint density at radius 1 is 1.22 bits per heavy atom. The Kier molecular flexibility index (Phi) is 3.66. The highest BCUT2D eigenvalue weighted by Gasteiger charge is 2.29. The first-order chi connectivity index (χ1) is 10.7. The van der Waals surface area contributed by atoms with E-state index < -0.39 is 5.60 Å². The minimum absolute atomic E-state index is 0.218. The summed E-state index contributed by atoms with van der Waals surface area (Å²) in [5, 5.41) is 1.27. The van der Waals surface area contributed by atoms with Crippen LogP contribution in [-0.2, 0) is 24.8 Å². The van der Waals surface area contributed by atoms with Crippen LogP contribution in [0.25, 0.3) is 10.9 Å². The van der Waals surface area contributed by atoms with Crippen LogP contribution in [0.4, 0.5) is 4.79 Å². The van der Waals surface area contributed by atoms with Crippen LogP contribution in [0.3, 0.4) is 0 Å². The summed E-state index contributed by atoms with van der Waals surface area (Å²) in [6, 6.07) is 4.46. The Morgan fingerprint density at radius 3 is 2.57 bits per heavy atom. The summed E-state index contributed by atoms with van der Waals surface area (Å²) in [6.07, 6.45) is 0.655. The number of amides is 1. The van der Waals surface area contributed by atoms with Gasteiger partial charge in [0.25, 0.3) is 0 Å². The largest absolute Gasteiger partial charge is 0.444 e. The van der Waals surface area contributed by atoms with Crippen molar-refractivity contribution in [2.45, 2.75) is 53.2 Å². The van der Waals surface area contributed by atoms with Crippen molar-refractivity contribution in [2.24, 2.45) is 7.05 Å². The van der Waals surface area contributed by atoms with Gasteiger partial charge in [-0.3, -0.25) is 0 Å². The van der Waals surface area contributed by atoms with Crippen LogP contribution in [0.2, 0.25) is 0 Å². The van der Waals surface area contributed by atoms with Crippen molar-refractivity contribution in [2.75, 3.05) is 6.54 Å². The predicted octanol–water partition coefficient (Wildman–Crippen LogP) is 4.09. The molecule has 23 heavy (non-hydrogen) atoms. The molecule has 124 valence electrons. The molecule has 1 aliphatic rings. The molecule has 1 aromatic carbocycles. The van der Waals surface area contributed by atoms with E-state index in [0.717, 1.165) is 6.42 Å². The van der Waals surface area contributed by atoms with Crippen molar-refractivity contribution in [1.29, 1.82) is 0 Å². The molecule has 1 aliphatic heterocycles. The van der Waals surface area contributed by atoms with E-state index >= 15 is 0 Å². The number of carbonyl (C=O) groups is 1. The van der Waals surface area contributed by atoms with Crippen molar-refractivity contribution in [3.8, 4) is 0 Å². The SMILES string of the molecule is Cc1cc(C)c2c(c1)c1c(n2C)CCN(C(=O)OC(C)(C)C)C1. The molecule has 0 aliphatic carbocycles. The average Bonchev–Trinajstić information content (AvgIpc) is 2.70. The molecular formula is C19H26N2O2. The van der Waals surface area contributed by atoms with Gasteiger partial charge in [-0.1, -0.05) is 11.6 Å². The van der Waals surface area contributed by atoms with Gasteiger partial charge in [0.05, 0.1) is 12.1 Å². The summed E-state index contributed by atoms with van der Waals surface area (Å²) >= 11 is 0. The van der Waals surface area contributed by atoms with Crippen molar-refractivity contribution in [1.82, 2.24) is 9.47 Å². The fourth-order valence-electron chi connectivity index (χ4n) is 3.62. The fourth-order valence-corrected chi connectivity index (χ4v) is 3.62. The maximum Gasteiger partial charge on any atom is 0.410 e. The third-order valence-corrected chi connectivity index (χ3v) is 4.48. The topological polar surface area (TPSA) is 34.5 Å². The quantitative estimate of drug-likeness (QED) is 0.734. The maximum absolute atomic E-state index is 12.4. The predicted molar refractivity (Wildman–Crippen MR) is 92.7 cm³/mol. The smallest absolute Gasteiger partial charge is 0.410 e. The van der Waals surface area contributed by atoms with Crippen molar-refractivity contribution >= 4 is 17.0 Å². The minimum atomic E-state index is -0.455. The summed E-state index contributed by atoms with van der Waals surface area (Å²) in [5.74, 6) is 0. The Labute approximate surface area is 138 Å². The molecule has 0 radical (unpaired) electrons. The summed E-state index contributed by atoms with van der Waals surface area (Å²) in [7, 11) is 2.13. The van der Waals surface area contributed by atoms with E-state index in [1.54, 1.807) is 0 Å². The molecule has 0 spiro atoms. The highest BCUT2D eigenvalue weighted by molar-refractivity contribution is 5.89. The molecule has 0 fully saturated rings. The van der Waals surface area contributed by atoms with Crippen molar-refractivity contribution < 1.29 is 9.53 Å². The van der Waals surface area contributed by atoms with Crippen LogP contribution in [-0.4, -0.2) is 27.7 Å². The van der Waals surface area contributed by atoms with Gasteiger partial charge in [0.2, 0.25) is 0 Å². The van der Waals surface area contributed by atoms with Crippen LogP contribution >= 0.6 is 0 Å². The number of aryl methyl sites for hydroxylation is 3. The van der Waals surface area contributed by atoms with Crippen LogP contribution in [0.1, 0.15) is 43.2 Å². The first-order valence-electron chi connectivity index (χ1n) is 8.22. The van der Waals surface area contributed by atoms with E-state index in [1.807, 2.05) is 25.7 Å². The molecule has 4 heteroatoms. The Bertz CT molecular complexity index is 781. The van der Waals surface area contributed by atoms with Crippen LogP contribution in [0.15, 0.2) is 12.1 Å². The van der Waals surface area contributed by atoms with Gasteiger partial charge in [-0.05, 0) is 46.2 Å². The highest BCUT2D eigenvalue weighted by Crippen LogP contribution is 2.33. The molecule has 2 heterocycles. The Morgan fingerprint density at radius 2 is 1.91 bits per heavy atom. The lowest BCUT2D eigenvalue weighted by atomic mass is 10.0. The van der Waals surface area contributed by atoms with Gasteiger partial charge in [-0.25, -0.2) is 4.79 Å². The lowest BCUT2D eigenvalue weighted by molar-refractivity contribution is 0.0223. The maximum atomic E-state index is 12.4. The van der Waals surface area contributed by atoms with E-state index in [9.17, 15) is 4.79 Å². The van der Waals surface area contributed by atoms with E-state index in [1.165, 1.54) is 33.3 Å². The second-order valence-electron chi connectivity index (χ2n) is 7.61. The first-order valence-corrected chi connectivity index (χ1v) is 8.22. The zero-order valence-corrected chi connectivity index (χ0v) is 15.0. The number of ether oxygens (including phenoxy) is 1. The third kappa shape index (κ3) is 2.82. The highest BCUT2D eigenvalue weighted by atomic mass is 16.6. The molecule has 0 bridgehead atoms. The number of hydrogen-bond donors (Lipinski definition) is 0. The van der Waals surface area contributed by atoms with Gasteiger partial charge in [0.15, 0.2) is 0 Å². The summed E-state index contributed by atoms with van der Waals surface area (Å²) < 4.78 is 7.84. The Hall–Kier alpha value is -1.97. The van der Waals surface area contributed by atoms with E-state index in [-0.39, 0.29) is 6.09 Å². The van der Waals surface area contributed by atoms with E-state index in [0.29, 0.717) is 13.1 Å². The van der Waals surface area contributed by atoms with Crippen LogP contribution < -0.4 is 0 Å². The summed E-state index contributed by atoms with van der Waals surface area (Å²) in [6.45, 7) is 11.3. The van der Waals surface area contributed by atoms with E-state index in [4.69, 9.17) is 4.74 Å². The number of fused-ring (bicyclic) bond motifs is 3. The number of nitrogens with zero attached hydrogens (tertiary/aromatic N) is 2. The number of aromatic nitrogens is 1. The molecule has 0 unspecified atom stereocenters. The summed E-state index contributed by atoms with van der Waals surface area (Å²) in [4.78, 5) is 14.2. The molecule has 0 N–H and O–H groups in total. The summed E-state index contributed by atoms with van der Waals surface area (Å²) in [5.41, 5.74) is 5.99.